The molecule has 0 unspecified atom stereocenters. The van der Waals surface area contributed by atoms with Crippen molar-refractivity contribution in [1.82, 2.24) is 4.90 Å². The fraction of sp³-hybridized carbons (Fsp3) is 0.455. The Morgan fingerprint density at radius 3 is 2.12 bits per heavy atom. The van der Waals surface area contributed by atoms with Crippen LogP contribution in [0.25, 0.3) is 0 Å². The summed E-state index contributed by atoms with van der Waals surface area (Å²) in [6.45, 7) is 4.98. The Morgan fingerprint density at radius 2 is 1.75 bits per heavy atom. The molecule has 0 saturated heterocycles. The molecule has 0 saturated carbocycles. The van der Waals surface area contributed by atoms with Crippen LogP contribution in [0.1, 0.15) is 19.4 Å². The van der Waals surface area contributed by atoms with E-state index in [1.54, 1.807) is 12.1 Å². The van der Waals surface area contributed by atoms with Crippen LogP contribution in [-0.2, 0) is 11.1 Å². The molecule has 1 aromatic rings. The summed E-state index contributed by atoms with van der Waals surface area (Å²) in [7, 11) is -2.09. The van der Waals surface area contributed by atoms with Crippen molar-refractivity contribution in [3.63, 3.8) is 0 Å². The minimum absolute atomic E-state index is 0.0726. The first-order chi connectivity index (χ1) is 7.30. The highest BCUT2D eigenvalue weighted by molar-refractivity contribution is 7.60. The first-order valence-corrected chi connectivity index (χ1v) is 6.77. The van der Waals surface area contributed by atoms with E-state index in [0.717, 1.165) is 12.1 Å². The van der Waals surface area contributed by atoms with Crippen LogP contribution >= 0.6 is 7.60 Å². The second-order valence-corrected chi connectivity index (χ2v) is 5.82. The number of hydrogen-bond acceptors (Lipinski definition) is 2. The zero-order valence-corrected chi connectivity index (χ0v) is 10.7. The van der Waals surface area contributed by atoms with E-state index in [9.17, 15) is 4.57 Å². The first kappa shape index (κ1) is 13.4. The Bertz CT molecular complexity index is 383. The van der Waals surface area contributed by atoms with Gasteiger partial charge in [0.05, 0.1) is 5.30 Å². The third-order valence-corrected chi connectivity index (χ3v) is 3.56. The molecule has 0 heterocycles. The van der Waals surface area contributed by atoms with Crippen molar-refractivity contribution < 1.29 is 14.4 Å². The van der Waals surface area contributed by atoms with Gasteiger partial charge in [0.2, 0.25) is 0 Å². The van der Waals surface area contributed by atoms with Crippen LogP contribution in [0.15, 0.2) is 24.3 Å². The SMILES string of the molecule is CC(C)N(C)Cc1ccc(P(=O)(O)O)cc1. The number of hydrogen-bond donors (Lipinski definition) is 2. The molecule has 0 atom stereocenters. The van der Waals surface area contributed by atoms with Crippen molar-refractivity contribution in [2.24, 2.45) is 0 Å². The maximum absolute atomic E-state index is 11.0. The second kappa shape index (κ2) is 5.11. The molecule has 0 spiro atoms. The fourth-order valence-corrected chi connectivity index (χ4v) is 1.80. The van der Waals surface area contributed by atoms with E-state index in [4.69, 9.17) is 9.79 Å². The lowest BCUT2D eigenvalue weighted by molar-refractivity contribution is 0.266. The molecule has 90 valence electrons. The van der Waals surface area contributed by atoms with E-state index >= 15 is 0 Å². The Kier molecular flexibility index (Phi) is 4.28. The van der Waals surface area contributed by atoms with Gasteiger partial charge in [0.25, 0.3) is 0 Å². The Morgan fingerprint density at radius 1 is 1.25 bits per heavy atom. The lowest BCUT2D eigenvalue weighted by atomic mass is 10.2. The number of benzene rings is 1. The lowest BCUT2D eigenvalue weighted by Gasteiger charge is -2.21. The summed E-state index contributed by atoms with van der Waals surface area (Å²) >= 11 is 0. The van der Waals surface area contributed by atoms with E-state index in [1.807, 2.05) is 7.05 Å². The zero-order valence-electron chi connectivity index (χ0n) is 9.79. The van der Waals surface area contributed by atoms with Crippen LogP contribution in [0.4, 0.5) is 0 Å². The third kappa shape index (κ3) is 3.72. The summed E-state index contributed by atoms with van der Waals surface area (Å²) in [5, 5.41) is 0.0726. The molecular formula is C11H18NO3P. The van der Waals surface area contributed by atoms with Gasteiger partial charge in [-0.2, -0.15) is 0 Å². The molecular weight excluding hydrogens is 225 g/mol. The standard InChI is InChI=1S/C11H18NO3P/c1-9(2)12(3)8-10-4-6-11(7-5-10)16(13,14)15/h4-7,9H,8H2,1-3H3,(H2,13,14,15). The van der Waals surface area contributed by atoms with Gasteiger partial charge in [0.15, 0.2) is 0 Å². The van der Waals surface area contributed by atoms with Crippen molar-refractivity contribution in [2.75, 3.05) is 7.05 Å². The predicted molar refractivity (Wildman–Crippen MR) is 64.7 cm³/mol. The van der Waals surface area contributed by atoms with Gasteiger partial charge in [-0.15, -0.1) is 0 Å². The highest BCUT2D eigenvalue weighted by atomic mass is 31.2. The maximum Gasteiger partial charge on any atom is 0.356 e. The van der Waals surface area contributed by atoms with E-state index in [-0.39, 0.29) is 5.30 Å². The van der Waals surface area contributed by atoms with Gasteiger partial charge in [0, 0.05) is 12.6 Å². The smallest absolute Gasteiger partial charge is 0.321 e. The highest BCUT2D eigenvalue weighted by Crippen LogP contribution is 2.32. The summed E-state index contributed by atoms with van der Waals surface area (Å²) in [6, 6.07) is 6.94. The normalized spacial score (nSPS) is 12.4. The van der Waals surface area contributed by atoms with Gasteiger partial charge in [-0.1, -0.05) is 12.1 Å². The van der Waals surface area contributed by atoms with Crippen LogP contribution in [0.2, 0.25) is 0 Å². The van der Waals surface area contributed by atoms with E-state index in [2.05, 4.69) is 18.7 Å². The number of nitrogens with zero attached hydrogens (tertiary/aromatic N) is 1. The van der Waals surface area contributed by atoms with Crippen molar-refractivity contribution in [3.8, 4) is 0 Å². The average Bonchev–Trinajstić information content (AvgIpc) is 2.17. The largest absolute Gasteiger partial charge is 0.356 e. The first-order valence-electron chi connectivity index (χ1n) is 5.16. The topological polar surface area (TPSA) is 60.8 Å². The zero-order chi connectivity index (χ0) is 12.3. The molecule has 0 aliphatic heterocycles. The molecule has 5 heteroatoms. The Labute approximate surface area is 96.1 Å². The van der Waals surface area contributed by atoms with E-state index in [1.165, 1.54) is 12.1 Å². The summed E-state index contributed by atoms with van der Waals surface area (Å²) in [4.78, 5) is 20.1. The molecule has 0 aromatic heterocycles. The molecule has 0 fully saturated rings. The molecule has 0 radical (unpaired) electrons. The Hall–Kier alpha value is -0.670. The highest BCUT2D eigenvalue weighted by Gasteiger charge is 2.16. The van der Waals surface area contributed by atoms with Crippen molar-refractivity contribution in [3.05, 3.63) is 29.8 Å². The van der Waals surface area contributed by atoms with Gasteiger partial charge in [-0.3, -0.25) is 9.46 Å². The quantitative estimate of drug-likeness (QED) is 0.783. The van der Waals surface area contributed by atoms with Crippen molar-refractivity contribution >= 4 is 12.9 Å². The summed E-state index contributed by atoms with van der Waals surface area (Å²) in [5.74, 6) is 0. The van der Waals surface area contributed by atoms with Gasteiger partial charge >= 0.3 is 7.60 Å². The molecule has 0 aliphatic rings. The molecule has 0 aliphatic carbocycles. The van der Waals surface area contributed by atoms with Crippen LogP contribution in [0.5, 0.6) is 0 Å². The molecule has 2 N–H and O–H groups in total. The lowest BCUT2D eigenvalue weighted by Crippen LogP contribution is -2.25. The van der Waals surface area contributed by atoms with E-state index < -0.39 is 7.60 Å². The number of rotatable bonds is 4. The van der Waals surface area contributed by atoms with Gasteiger partial charge in [-0.25, -0.2) is 0 Å². The van der Waals surface area contributed by atoms with Gasteiger partial charge in [0.1, 0.15) is 0 Å². The predicted octanol–water partition coefficient (Wildman–Crippen LogP) is 1.33. The molecule has 1 rings (SSSR count). The molecule has 0 amide bonds. The summed E-state index contributed by atoms with van der Waals surface area (Å²) in [6.07, 6.45) is 0. The maximum atomic E-state index is 11.0. The second-order valence-electron chi connectivity index (χ2n) is 4.22. The fourth-order valence-electron chi connectivity index (χ4n) is 1.27. The molecule has 0 bridgehead atoms. The molecule has 1 aromatic carbocycles. The van der Waals surface area contributed by atoms with Gasteiger partial charge < -0.3 is 9.79 Å². The third-order valence-electron chi connectivity index (χ3n) is 2.59. The molecule has 4 nitrogen and oxygen atoms in total. The monoisotopic (exact) mass is 243 g/mol. The minimum atomic E-state index is -4.10. The summed E-state index contributed by atoms with van der Waals surface area (Å²) < 4.78 is 11.0. The molecule has 16 heavy (non-hydrogen) atoms. The van der Waals surface area contributed by atoms with Crippen LogP contribution in [0, 0.1) is 0 Å². The van der Waals surface area contributed by atoms with Crippen LogP contribution in [0.3, 0.4) is 0 Å². The van der Waals surface area contributed by atoms with Crippen LogP contribution < -0.4 is 5.30 Å². The van der Waals surface area contributed by atoms with Crippen molar-refractivity contribution in [1.29, 1.82) is 0 Å². The minimum Gasteiger partial charge on any atom is -0.321 e. The van der Waals surface area contributed by atoms with Crippen molar-refractivity contribution in [2.45, 2.75) is 26.4 Å². The van der Waals surface area contributed by atoms with Gasteiger partial charge in [-0.05, 0) is 38.6 Å². The Balaban J connectivity index is 2.76. The summed E-state index contributed by atoms with van der Waals surface area (Å²) in [5.41, 5.74) is 1.05. The van der Waals surface area contributed by atoms with E-state index in [0.29, 0.717) is 6.04 Å². The van der Waals surface area contributed by atoms with Crippen LogP contribution in [-0.4, -0.2) is 27.8 Å². The average molecular weight is 243 g/mol.